The molecular weight excluding hydrogens is 353 g/mol. The molecule has 0 aliphatic heterocycles. The first kappa shape index (κ1) is 21.0. The summed E-state index contributed by atoms with van der Waals surface area (Å²) >= 11 is 0. The van der Waals surface area contributed by atoms with Crippen molar-refractivity contribution in [2.75, 3.05) is 20.6 Å². The van der Waals surface area contributed by atoms with E-state index in [0.29, 0.717) is 13.0 Å². The van der Waals surface area contributed by atoms with Crippen molar-refractivity contribution in [2.45, 2.75) is 51.4 Å². The first-order valence-corrected chi connectivity index (χ1v) is 10.1. The highest BCUT2D eigenvalue weighted by Gasteiger charge is 2.44. The van der Waals surface area contributed by atoms with E-state index in [-0.39, 0.29) is 17.8 Å². The number of benzene rings is 2. The van der Waals surface area contributed by atoms with Gasteiger partial charge in [0, 0.05) is 12.5 Å². The summed E-state index contributed by atoms with van der Waals surface area (Å²) in [6, 6.07) is 12.8. The van der Waals surface area contributed by atoms with Gasteiger partial charge in [-0.25, -0.2) is 4.39 Å². The van der Waals surface area contributed by atoms with Crippen LogP contribution in [-0.2, 0) is 16.9 Å². The maximum absolute atomic E-state index is 13.1. The number of rotatable bonds is 6. The molecule has 3 rings (SSSR count). The van der Waals surface area contributed by atoms with Crippen molar-refractivity contribution in [3.05, 3.63) is 70.5 Å². The molecule has 0 radical (unpaired) electrons. The van der Waals surface area contributed by atoms with Crippen LogP contribution in [0, 0.1) is 25.6 Å². The van der Waals surface area contributed by atoms with Crippen LogP contribution in [0.15, 0.2) is 42.5 Å². The summed E-state index contributed by atoms with van der Waals surface area (Å²) in [5.74, 6) is -0.137. The Morgan fingerprint density at radius 3 is 2.36 bits per heavy atom. The van der Waals surface area contributed by atoms with Gasteiger partial charge in [0.25, 0.3) is 0 Å². The minimum atomic E-state index is -0.837. The lowest BCUT2D eigenvalue weighted by molar-refractivity contribution is -0.110. The van der Waals surface area contributed by atoms with Crippen LogP contribution in [0.25, 0.3) is 0 Å². The van der Waals surface area contributed by atoms with Crippen LogP contribution in [0.4, 0.5) is 4.39 Å². The topological polar surface area (TPSA) is 32.7 Å². The number of hydrogen-bond acceptors (Lipinski definition) is 3. The van der Waals surface area contributed by atoms with Crippen molar-refractivity contribution < 1.29 is 14.2 Å². The standard InChI is InChI=1S/C24H32FNO2/c1-17-11-18(2)13-20(12-17)24(27)10-9-23(14-21(24)15-26(3)4)28-16-19-5-7-22(25)8-6-19/h5-8,11-13,21,23,27H,9-10,14-16H2,1-4H3. The van der Waals surface area contributed by atoms with Crippen LogP contribution in [0.2, 0.25) is 0 Å². The molecule has 152 valence electrons. The predicted molar refractivity (Wildman–Crippen MR) is 111 cm³/mol. The molecule has 1 aliphatic rings. The lowest BCUT2D eigenvalue weighted by Gasteiger charge is -2.44. The first-order chi connectivity index (χ1) is 13.3. The summed E-state index contributed by atoms with van der Waals surface area (Å²) in [7, 11) is 4.09. The van der Waals surface area contributed by atoms with Gasteiger partial charge in [-0.1, -0.05) is 41.5 Å². The number of hydrogen-bond donors (Lipinski definition) is 1. The molecule has 0 saturated heterocycles. The summed E-state index contributed by atoms with van der Waals surface area (Å²) in [5, 5.41) is 11.7. The number of aryl methyl sites for hydroxylation is 2. The smallest absolute Gasteiger partial charge is 0.123 e. The molecular formula is C24H32FNO2. The molecule has 1 saturated carbocycles. The molecule has 3 atom stereocenters. The van der Waals surface area contributed by atoms with Gasteiger partial charge in [0.15, 0.2) is 0 Å². The fourth-order valence-electron chi connectivity index (χ4n) is 4.43. The van der Waals surface area contributed by atoms with Crippen LogP contribution >= 0.6 is 0 Å². The highest BCUT2D eigenvalue weighted by atomic mass is 19.1. The molecule has 0 spiro atoms. The van der Waals surface area contributed by atoms with E-state index >= 15 is 0 Å². The first-order valence-electron chi connectivity index (χ1n) is 10.1. The van der Waals surface area contributed by atoms with Crippen molar-refractivity contribution in [1.82, 2.24) is 4.90 Å². The Morgan fingerprint density at radius 1 is 1.11 bits per heavy atom. The van der Waals surface area contributed by atoms with Gasteiger partial charge in [-0.05, 0) is 70.5 Å². The monoisotopic (exact) mass is 385 g/mol. The number of aliphatic hydroxyl groups is 1. The molecule has 1 N–H and O–H groups in total. The van der Waals surface area contributed by atoms with Crippen molar-refractivity contribution in [3.63, 3.8) is 0 Å². The molecule has 28 heavy (non-hydrogen) atoms. The van der Waals surface area contributed by atoms with E-state index < -0.39 is 5.60 Å². The molecule has 0 aromatic heterocycles. The lowest BCUT2D eigenvalue weighted by Crippen LogP contribution is -2.46. The normalized spacial score (nSPS) is 25.2. The summed E-state index contributed by atoms with van der Waals surface area (Å²) in [6.45, 7) is 5.44. The zero-order valence-corrected chi connectivity index (χ0v) is 17.4. The van der Waals surface area contributed by atoms with Gasteiger partial charge in [-0.2, -0.15) is 0 Å². The zero-order valence-electron chi connectivity index (χ0n) is 17.4. The third-order valence-electron chi connectivity index (χ3n) is 5.78. The van der Waals surface area contributed by atoms with Gasteiger partial charge < -0.3 is 14.7 Å². The number of ether oxygens (including phenoxy) is 1. The second-order valence-corrected chi connectivity index (χ2v) is 8.59. The highest BCUT2D eigenvalue weighted by molar-refractivity contribution is 5.33. The summed E-state index contributed by atoms with van der Waals surface area (Å²) in [5.41, 5.74) is 3.52. The third kappa shape index (κ3) is 4.99. The second-order valence-electron chi connectivity index (χ2n) is 8.59. The Hall–Kier alpha value is -1.75. The van der Waals surface area contributed by atoms with E-state index in [0.717, 1.165) is 30.5 Å². The van der Waals surface area contributed by atoms with Gasteiger partial charge in [0.2, 0.25) is 0 Å². The molecule has 1 aliphatic carbocycles. The van der Waals surface area contributed by atoms with E-state index in [2.05, 4.69) is 36.9 Å². The van der Waals surface area contributed by atoms with Gasteiger partial charge in [-0.3, -0.25) is 0 Å². The summed E-state index contributed by atoms with van der Waals surface area (Å²) < 4.78 is 19.2. The van der Waals surface area contributed by atoms with Gasteiger partial charge >= 0.3 is 0 Å². The average molecular weight is 386 g/mol. The van der Waals surface area contributed by atoms with Crippen LogP contribution in [0.3, 0.4) is 0 Å². The van der Waals surface area contributed by atoms with E-state index in [1.54, 1.807) is 12.1 Å². The molecule has 3 nitrogen and oxygen atoms in total. The van der Waals surface area contributed by atoms with Gasteiger partial charge in [0.05, 0.1) is 18.3 Å². The number of nitrogens with zero attached hydrogens (tertiary/aromatic N) is 1. The largest absolute Gasteiger partial charge is 0.385 e. The van der Waals surface area contributed by atoms with Crippen LogP contribution < -0.4 is 0 Å². The molecule has 2 aromatic rings. The van der Waals surface area contributed by atoms with E-state index in [1.165, 1.54) is 23.3 Å². The minimum absolute atomic E-state index is 0.0932. The molecule has 3 unspecified atom stereocenters. The Balaban J connectivity index is 1.74. The number of halogens is 1. The van der Waals surface area contributed by atoms with Gasteiger partial charge in [0.1, 0.15) is 5.82 Å². The molecule has 0 bridgehead atoms. The van der Waals surface area contributed by atoms with Crippen molar-refractivity contribution >= 4 is 0 Å². The molecule has 4 heteroatoms. The Labute approximate surface area is 168 Å². The van der Waals surface area contributed by atoms with Crippen molar-refractivity contribution in [3.8, 4) is 0 Å². The van der Waals surface area contributed by atoms with Crippen LogP contribution in [-0.4, -0.2) is 36.8 Å². The minimum Gasteiger partial charge on any atom is -0.385 e. The van der Waals surface area contributed by atoms with Gasteiger partial charge in [-0.15, -0.1) is 0 Å². The van der Waals surface area contributed by atoms with E-state index in [1.807, 2.05) is 14.1 Å². The predicted octanol–water partition coefficient (Wildman–Crippen LogP) is 4.58. The second kappa shape index (κ2) is 8.73. The Morgan fingerprint density at radius 2 is 1.75 bits per heavy atom. The maximum atomic E-state index is 13.1. The lowest BCUT2D eigenvalue weighted by atomic mass is 9.70. The summed E-state index contributed by atoms with van der Waals surface area (Å²) in [4.78, 5) is 2.14. The molecule has 0 heterocycles. The summed E-state index contributed by atoms with van der Waals surface area (Å²) in [6.07, 6.45) is 2.40. The van der Waals surface area contributed by atoms with E-state index in [9.17, 15) is 9.50 Å². The molecule has 0 amide bonds. The maximum Gasteiger partial charge on any atom is 0.123 e. The molecule has 1 fully saturated rings. The fourth-order valence-corrected chi connectivity index (χ4v) is 4.43. The van der Waals surface area contributed by atoms with Crippen molar-refractivity contribution in [1.29, 1.82) is 0 Å². The van der Waals surface area contributed by atoms with Crippen LogP contribution in [0.5, 0.6) is 0 Å². The quantitative estimate of drug-likeness (QED) is 0.790. The Kier molecular flexibility index (Phi) is 6.54. The fraction of sp³-hybridized carbons (Fsp3) is 0.500. The SMILES string of the molecule is Cc1cc(C)cc(C2(O)CCC(OCc3ccc(F)cc3)CC2CN(C)C)c1. The highest BCUT2D eigenvalue weighted by Crippen LogP contribution is 2.43. The van der Waals surface area contributed by atoms with E-state index in [4.69, 9.17) is 4.74 Å². The van der Waals surface area contributed by atoms with Crippen LogP contribution in [0.1, 0.15) is 41.5 Å². The average Bonchev–Trinajstić information content (AvgIpc) is 2.62. The zero-order chi connectivity index (χ0) is 20.3. The van der Waals surface area contributed by atoms with Crippen molar-refractivity contribution in [2.24, 2.45) is 5.92 Å². The Bertz CT molecular complexity index is 769. The molecule has 2 aromatic carbocycles. The third-order valence-corrected chi connectivity index (χ3v) is 5.78.